The van der Waals surface area contributed by atoms with Crippen LogP contribution in [0.3, 0.4) is 0 Å². The number of nitrogens with one attached hydrogen (secondary N) is 1. The fourth-order valence-corrected chi connectivity index (χ4v) is 2.76. The largest absolute Gasteiger partial charge is 0.385 e. The molecular weight excluding hydrogens is 288 g/mol. The Hall–Kier alpha value is -2.59. The van der Waals surface area contributed by atoms with E-state index in [4.69, 9.17) is 0 Å². The zero-order valence-electron chi connectivity index (χ0n) is 13.3. The van der Waals surface area contributed by atoms with Crippen molar-refractivity contribution in [1.82, 2.24) is 4.57 Å². The van der Waals surface area contributed by atoms with Crippen LogP contribution < -0.4 is 5.32 Å². The number of carbonyl (C=O) groups excluding carboxylic acids is 1. The van der Waals surface area contributed by atoms with Gasteiger partial charge in [-0.1, -0.05) is 36.4 Å². The van der Waals surface area contributed by atoms with Crippen LogP contribution in [0, 0.1) is 0 Å². The summed E-state index contributed by atoms with van der Waals surface area (Å²) < 4.78 is 2.01. The summed E-state index contributed by atoms with van der Waals surface area (Å²) in [5, 5.41) is 14.5. The van der Waals surface area contributed by atoms with Crippen LogP contribution in [0.25, 0.3) is 10.9 Å². The Labute approximate surface area is 135 Å². The lowest BCUT2D eigenvalue weighted by Gasteiger charge is -2.23. The van der Waals surface area contributed by atoms with Crippen LogP contribution in [0.1, 0.15) is 18.9 Å². The zero-order chi connectivity index (χ0) is 16.4. The molecule has 0 spiro atoms. The number of rotatable bonds is 4. The van der Waals surface area contributed by atoms with Crippen molar-refractivity contribution in [3.05, 3.63) is 66.4 Å². The lowest BCUT2D eigenvalue weighted by Crippen LogP contribution is -2.28. The number of aliphatic hydroxyl groups is 1. The van der Waals surface area contributed by atoms with Gasteiger partial charge >= 0.3 is 0 Å². The highest BCUT2D eigenvalue weighted by Gasteiger charge is 2.26. The van der Waals surface area contributed by atoms with Crippen LogP contribution in [-0.2, 0) is 17.4 Å². The fourth-order valence-electron chi connectivity index (χ4n) is 2.76. The highest BCUT2D eigenvalue weighted by Crippen LogP contribution is 2.25. The van der Waals surface area contributed by atoms with E-state index in [1.165, 1.54) is 0 Å². The van der Waals surface area contributed by atoms with Gasteiger partial charge in [-0.15, -0.1) is 0 Å². The Kier molecular flexibility index (Phi) is 3.92. The molecule has 1 amide bonds. The molecule has 4 heteroatoms. The highest BCUT2D eigenvalue weighted by molar-refractivity contribution is 5.94. The van der Waals surface area contributed by atoms with Gasteiger partial charge in [0.15, 0.2) is 0 Å². The first kappa shape index (κ1) is 15.3. The number of aryl methyl sites for hydroxylation is 1. The Bertz CT molecular complexity index is 835. The molecule has 0 radical (unpaired) electrons. The van der Waals surface area contributed by atoms with Gasteiger partial charge in [0, 0.05) is 24.4 Å². The number of amides is 1. The second kappa shape index (κ2) is 5.89. The molecule has 118 valence electrons. The minimum atomic E-state index is -1.19. The van der Waals surface area contributed by atoms with E-state index in [1.54, 1.807) is 6.92 Å². The molecule has 3 aromatic rings. The second-order valence-corrected chi connectivity index (χ2v) is 6.07. The van der Waals surface area contributed by atoms with E-state index in [-0.39, 0.29) is 12.3 Å². The third-order valence-corrected chi connectivity index (χ3v) is 4.07. The van der Waals surface area contributed by atoms with E-state index < -0.39 is 5.60 Å². The average Bonchev–Trinajstić information content (AvgIpc) is 2.89. The van der Waals surface area contributed by atoms with E-state index in [2.05, 4.69) is 5.32 Å². The first-order chi connectivity index (χ1) is 11.0. The van der Waals surface area contributed by atoms with Crippen molar-refractivity contribution in [2.75, 3.05) is 5.32 Å². The molecule has 0 bridgehead atoms. The maximum Gasteiger partial charge on any atom is 0.227 e. The van der Waals surface area contributed by atoms with E-state index in [9.17, 15) is 9.90 Å². The summed E-state index contributed by atoms with van der Waals surface area (Å²) >= 11 is 0. The average molecular weight is 308 g/mol. The molecule has 0 saturated carbocycles. The van der Waals surface area contributed by atoms with Crippen LogP contribution in [-0.4, -0.2) is 15.6 Å². The van der Waals surface area contributed by atoms with Crippen LogP contribution in [0.4, 0.5) is 5.69 Å². The van der Waals surface area contributed by atoms with Crippen molar-refractivity contribution in [3.8, 4) is 0 Å². The first-order valence-corrected chi connectivity index (χ1v) is 7.58. The van der Waals surface area contributed by atoms with Crippen molar-refractivity contribution < 1.29 is 9.90 Å². The number of aromatic nitrogens is 1. The lowest BCUT2D eigenvalue weighted by molar-refractivity contribution is -0.120. The molecule has 0 aliphatic rings. The van der Waals surface area contributed by atoms with Crippen molar-refractivity contribution in [1.29, 1.82) is 0 Å². The standard InChI is InChI=1S/C19H20N2O2/c1-19(23,15-6-4-3-5-7-15)13-18(22)20-16-9-8-14-10-11-21(2)17(14)12-16/h3-12,23H,13H2,1-2H3,(H,20,22). The summed E-state index contributed by atoms with van der Waals surface area (Å²) in [5.74, 6) is -0.215. The molecule has 3 rings (SSSR count). The smallest absolute Gasteiger partial charge is 0.227 e. The van der Waals surface area contributed by atoms with Gasteiger partial charge in [-0.3, -0.25) is 4.79 Å². The van der Waals surface area contributed by atoms with Gasteiger partial charge < -0.3 is 15.0 Å². The van der Waals surface area contributed by atoms with Gasteiger partial charge in [0.05, 0.1) is 12.0 Å². The second-order valence-electron chi connectivity index (χ2n) is 6.07. The van der Waals surface area contributed by atoms with Crippen LogP contribution in [0.2, 0.25) is 0 Å². The summed E-state index contributed by atoms with van der Waals surface area (Å²) in [6.45, 7) is 1.66. The van der Waals surface area contributed by atoms with Gasteiger partial charge in [-0.05, 0) is 36.1 Å². The van der Waals surface area contributed by atoms with Crippen molar-refractivity contribution >= 4 is 22.5 Å². The normalized spacial score (nSPS) is 13.7. The van der Waals surface area contributed by atoms with E-state index in [0.717, 1.165) is 22.2 Å². The number of carbonyl (C=O) groups is 1. The minimum absolute atomic E-state index is 0.00217. The van der Waals surface area contributed by atoms with Crippen molar-refractivity contribution in [2.45, 2.75) is 18.9 Å². The maximum absolute atomic E-state index is 12.3. The minimum Gasteiger partial charge on any atom is -0.385 e. The number of benzene rings is 2. The predicted octanol–water partition coefficient (Wildman–Crippen LogP) is 3.41. The van der Waals surface area contributed by atoms with E-state index in [0.29, 0.717) is 0 Å². The summed E-state index contributed by atoms with van der Waals surface area (Å²) in [6.07, 6.45) is 1.98. The third kappa shape index (κ3) is 3.27. The van der Waals surface area contributed by atoms with E-state index in [1.807, 2.05) is 72.4 Å². The zero-order valence-corrected chi connectivity index (χ0v) is 13.3. The van der Waals surface area contributed by atoms with Gasteiger partial charge in [-0.2, -0.15) is 0 Å². The van der Waals surface area contributed by atoms with E-state index >= 15 is 0 Å². The Morgan fingerprint density at radius 2 is 1.91 bits per heavy atom. The topological polar surface area (TPSA) is 54.3 Å². The molecule has 4 nitrogen and oxygen atoms in total. The molecule has 1 heterocycles. The molecule has 1 aromatic heterocycles. The number of anilines is 1. The van der Waals surface area contributed by atoms with Crippen LogP contribution >= 0.6 is 0 Å². The Balaban J connectivity index is 1.74. The maximum atomic E-state index is 12.3. The highest BCUT2D eigenvalue weighted by atomic mass is 16.3. The molecule has 23 heavy (non-hydrogen) atoms. The summed E-state index contributed by atoms with van der Waals surface area (Å²) in [6, 6.07) is 17.0. The van der Waals surface area contributed by atoms with Gasteiger partial charge in [0.25, 0.3) is 0 Å². The number of fused-ring (bicyclic) bond motifs is 1. The molecule has 2 N–H and O–H groups in total. The summed E-state index contributed by atoms with van der Waals surface area (Å²) in [4.78, 5) is 12.3. The third-order valence-electron chi connectivity index (χ3n) is 4.07. The van der Waals surface area contributed by atoms with Crippen molar-refractivity contribution in [3.63, 3.8) is 0 Å². The molecule has 0 fully saturated rings. The van der Waals surface area contributed by atoms with Gasteiger partial charge in [0.1, 0.15) is 0 Å². The van der Waals surface area contributed by atoms with Gasteiger partial charge in [-0.25, -0.2) is 0 Å². The van der Waals surface area contributed by atoms with Crippen LogP contribution in [0.15, 0.2) is 60.8 Å². The molecule has 1 atom stereocenters. The molecule has 2 aromatic carbocycles. The lowest BCUT2D eigenvalue weighted by atomic mass is 9.92. The number of hydrogen-bond acceptors (Lipinski definition) is 2. The number of hydrogen-bond donors (Lipinski definition) is 2. The Morgan fingerprint density at radius 3 is 2.65 bits per heavy atom. The van der Waals surface area contributed by atoms with Crippen LogP contribution in [0.5, 0.6) is 0 Å². The molecule has 0 saturated heterocycles. The fraction of sp³-hybridized carbons (Fsp3) is 0.211. The summed E-state index contributed by atoms with van der Waals surface area (Å²) in [7, 11) is 1.97. The van der Waals surface area contributed by atoms with Gasteiger partial charge in [0.2, 0.25) is 5.91 Å². The number of nitrogens with zero attached hydrogens (tertiary/aromatic N) is 1. The first-order valence-electron chi connectivity index (χ1n) is 7.58. The SMILES string of the molecule is Cn1ccc2ccc(NC(=O)CC(C)(O)c3ccccc3)cc21. The molecule has 1 unspecified atom stereocenters. The molecule has 0 aliphatic carbocycles. The quantitative estimate of drug-likeness (QED) is 0.776. The van der Waals surface area contributed by atoms with Crippen molar-refractivity contribution in [2.24, 2.45) is 7.05 Å². The molecule has 0 aliphatic heterocycles. The predicted molar refractivity (Wildman–Crippen MR) is 92.2 cm³/mol. The molecular formula is C19H20N2O2. The Morgan fingerprint density at radius 1 is 1.17 bits per heavy atom. The summed E-state index contributed by atoms with van der Waals surface area (Å²) in [5.41, 5.74) is 1.32. The monoisotopic (exact) mass is 308 g/mol.